The molecule has 0 atom stereocenters. The second kappa shape index (κ2) is 12.0. The van der Waals surface area contributed by atoms with E-state index in [0.717, 1.165) is 55.1 Å². The molecule has 3 aromatic rings. The zero-order valence-corrected chi connectivity index (χ0v) is 27.7. The lowest BCUT2D eigenvalue weighted by atomic mass is 9.84. The number of carbonyl (C=O) groups excluding carboxylic acids is 2. The predicted molar refractivity (Wildman–Crippen MR) is 180 cm³/mol. The second-order valence-corrected chi connectivity index (χ2v) is 14.1. The Morgan fingerprint density at radius 3 is 2.22 bits per heavy atom. The Bertz CT molecular complexity index is 1670. The fourth-order valence-corrected chi connectivity index (χ4v) is 6.65. The van der Waals surface area contributed by atoms with Crippen molar-refractivity contribution in [3.63, 3.8) is 0 Å². The van der Waals surface area contributed by atoms with E-state index in [1.807, 2.05) is 45.6 Å². The summed E-state index contributed by atoms with van der Waals surface area (Å²) in [4.78, 5) is 34.5. The maximum absolute atomic E-state index is 13.7. The van der Waals surface area contributed by atoms with Crippen molar-refractivity contribution in [3.8, 4) is 22.9 Å². The Morgan fingerprint density at radius 2 is 1.59 bits per heavy atom. The number of carbonyl (C=O) groups is 2. The first-order valence-corrected chi connectivity index (χ1v) is 16.0. The molecule has 0 aliphatic carbocycles. The molecule has 0 aromatic heterocycles. The number of nitrogens with zero attached hydrogens (tertiary/aromatic N) is 5. The van der Waals surface area contributed by atoms with Crippen LogP contribution in [-0.2, 0) is 14.9 Å². The molecule has 0 radical (unpaired) electrons. The van der Waals surface area contributed by atoms with Gasteiger partial charge in [0.1, 0.15) is 17.4 Å². The van der Waals surface area contributed by atoms with Crippen LogP contribution in [0.3, 0.4) is 0 Å². The molecule has 3 aliphatic rings. The number of fused-ring (bicyclic) bond motifs is 1. The van der Waals surface area contributed by atoms with Crippen LogP contribution in [0.2, 0.25) is 0 Å². The standard InChI is InChI=1S/C37H43N5O4/c1-36(2,3)46-35(44)40-17-15-39(16-18-40)22-25-23-41(24-25)29-11-7-26(8-12-29)27-10-14-32-31(19-27)37(4,5)34(43)42(32)30-13-9-28(21-38)33(20-30)45-6/h7-14,19-20,25H,15-18,22-24H2,1-6H3. The first-order chi connectivity index (χ1) is 21.9. The average Bonchev–Trinajstić information content (AvgIpc) is 3.22. The summed E-state index contributed by atoms with van der Waals surface area (Å²) >= 11 is 0. The molecule has 9 nitrogen and oxygen atoms in total. The quantitative estimate of drug-likeness (QED) is 0.325. The van der Waals surface area contributed by atoms with Crippen molar-refractivity contribution in [2.75, 3.05) is 62.7 Å². The minimum atomic E-state index is -0.707. The fraction of sp³-hybridized carbons (Fsp3) is 0.432. The van der Waals surface area contributed by atoms with Crippen molar-refractivity contribution in [1.82, 2.24) is 9.80 Å². The minimum Gasteiger partial charge on any atom is -0.495 e. The van der Waals surface area contributed by atoms with Crippen molar-refractivity contribution in [3.05, 3.63) is 71.8 Å². The molecule has 46 heavy (non-hydrogen) atoms. The average molecular weight is 622 g/mol. The molecule has 3 heterocycles. The number of anilines is 3. The van der Waals surface area contributed by atoms with E-state index >= 15 is 0 Å². The highest BCUT2D eigenvalue weighted by Crippen LogP contribution is 2.47. The largest absolute Gasteiger partial charge is 0.495 e. The van der Waals surface area contributed by atoms with E-state index in [0.29, 0.717) is 36.0 Å². The lowest BCUT2D eigenvalue weighted by Crippen LogP contribution is -2.55. The van der Waals surface area contributed by atoms with Gasteiger partial charge in [0.2, 0.25) is 5.91 Å². The van der Waals surface area contributed by atoms with Crippen LogP contribution >= 0.6 is 0 Å². The highest BCUT2D eigenvalue weighted by atomic mass is 16.6. The smallest absolute Gasteiger partial charge is 0.410 e. The molecule has 2 amide bonds. The topological polar surface area (TPSA) is 89.3 Å². The van der Waals surface area contributed by atoms with Gasteiger partial charge in [-0.25, -0.2) is 4.79 Å². The summed E-state index contributed by atoms with van der Waals surface area (Å²) in [6, 6.07) is 22.3. The van der Waals surface area contributed by atoms with Crippen LogP contribution in [0.15, 0.2) is 60.7 Å². The van der Waals surface area contributed by atoms with Gasteiger partial charge in [0.25, 0.3) is 0 Å². The van der Waals surface area contributed by atoms with Crippen LogP contribution in [0.1, 0.15) is 45.7 Å². The molecule has 2 fully saturated rings. The Balaban J connectivity index is 1.07. The zero-order valence-electron chi connectivity index (χ0n) is 27.7. The first kappa shape index (κ1) is 31.4. The van der Waals surface area contributed by atoms with Crippen LogP contribution in [0.5, 0.6) is 5.75 Å². The Hall–Kier alpha value is -4.55. The van der Waals surface area contributed by atoms with Gasteiger partial charge >= 0.3 is 6.09 Å². The van der Waals surface area contributed by atoms with Crippen molar-refractivity contribution >= 4 is 29.1 Å². The summed E-state index contributed by atoms with van der Waals surface area (Å²) in [7, 11) is 1.53. The maximum Gasteiger partial charge on any atom is 0.410 e. The minimum absolute atomic E-state index is 0.0148. The molecule has 0 saturated carbocycles. The van der Waals surface area contributed by atoms with E-state index in [1.165, 1.54) is 12.8 Å². The third-order valence-corrected chi connectivity index (χ3v) is 9.28. The summed E-state index contributed by atoms with van der Waals surface area (Å²) in [5.74, 6) is 1.05. The fourth-order valence-electron chi connectivity index (χ4n) is 6.65. The normalized spacial score (nSPS) is 18.2. The van der Waals surface area contributed by atoms with Crippen LogP contribution in [0.4, 0.5) is 21.9 Å². The molecule has 9 heteroatoms. The van der Waals surface area contributed by atoms with E-state index in [2.05, 4.69) is 52.3 Å². The number of nitriles is 1. The van der Waals surface area contributed by atoms with Crippen molar-refractivity contribution < 1.29 is 19.1 Å². The van der Waals surface area contributed by atoms with Gasteiger partial charge < -0.3 is 19.3 Å². The van der Waals surface area contributed by atoms with E-state index in [1.54, 1.807) is 23.1 Å². The number of benzene rings is 3. The molecule has 240 valence electrons. The van der Waals surface area contributed by atoms with E-state index < -0.39 is 11.0 Å². The molecule has 0 bridgehead atoms. The van der Waals surface area contributed by atoms with Crippen LogP contribution in [0, 0.1) is 17.2 Å². The van der Waals surface area contributed by atoms with Gasteiger partial charge in [-0.05, 0) is 87.7 Å². The lowest BCUT2D eigenvalue weighted by Gasteiger charge is -2.44. The Kier molecular flexibility index (Phi) is 8.20. The number of ether oxygens (including phenoxy) is 2. The highest BCUT2D eigenvalue weighted by molar-refractivity contribution is 6.13. The van der Waals surface area contributed by atoms with Gasteiger partial charge in [-0.15, -0.1) is 0 Å². The molecule has 2 saturated heterocycles. The highest BCUT2D eigenvalue weighted by Gasteiger charge is 2.45. The lowest BCUT2D eigenvalue weighted by molar-refractivity contribution is -0.121. The summed E-state index contributed by atoms with van der Waals surface area (Å²) in [5, 5.41) is 9.39. The summed E-state index contributed by atoms with van der Waals surface area (Å²) in [5.41, 5.74) is 5.14. The molecule has 0 N–H and O–H groups in total. The van der Waals surface area contributed by atoms with Gasteiger partial charge in [0.05, 0.1) is 29.5 Å². The van der Waals surface area contributed by atoms with Crippen molar-refractivity contribution in [1.29, 1.82) is 5.26 Å². The summed E-state index contributed by atoms with van der Waals surface area (Å²) in [6.45, 7) is 15.9. The number of hydrogen-bond donors (Lipinski definition) is 0. The zero-order chi connectivity index (χ0) is 32.8. The molecule has 3 aromatic carbocycles. The molecule has 0 spiro atoms. The molecular formula is C37H43N5O4. The first-order valence-electron chi connectivity index (χ1n) is 16.0. The number of piperazine rings is 1. The molecule has 6 rings (SSSR count). The van der Waals surface area contributed by atoms with E-state index in [9.17, 15) is 14.9 Å². The molecular weight excluding hydrogens is 578 g/mol. The predicted octanol–water partition coefficient (Wildman–Crippen LogP) is 6.18. The van der Waals surface area contributed by atoms with Gasteiger partial charge in [-0.1, -0.05) is 18.2 Å². The van der Waals surface area contributed by atoms with Gasteiger partial charge in [-0.2, -0.15) is 5.26 Å². The van der Waals surface area contributed by atoms with E-state index in [-0.39, 0.29) is 12.0 Å². The van der Waals surface area contributed by atoms with Crippen molar-refractivity contribution in [2.24, 2.45) is 5.92 Å². The SMILES string of the molecule is COc1cc(N2C(=O)C(C)(C)c3cc(-c4ccc(N5CC(CN6CCN(C(=O)OC(C)(C)C)CC6)C5)cc4)ccc32)ccc1C#N. The van der Waals surface area contributed by atoms with Crippen LogP contribution in [-0.4, -0.2) is 80.3 Å². The molecule has 0 unspecified atom stereocenters. The van der Waals surface area contributed by atoms with Gasteiger partial charge in [0, 0.05) is 63.5 Å². The molecule has 3 aliphatic heterocycles. The number of amides is 2. The maximum atomic E-state index is 13.7. The summed E-state index contributed by atoms with van der Waals surface area (Å²) in [6.07, 6.45) is -0.214. The van der Waals surface area contributed by atoms with Crippen LogP contribution < -0.4 is 14.5 Å². The Morgan fingerprint density at radius 1 is 0.935 bits per heavy atom. The number of hydrogen-bond acceptors (Lipinski definition) is 7. The summed E-state index contributed by atoms with van der Waals surface area (Å²) < 4.78 is 10.9. The van der Waals surface area contributed by atoms with E-state index in [4.69, 9.17) is 9.47 Å². The van der Waals surface area contributed by atoms with Gasteiger partial charge in [0.15, 0.2) is 0 Å². The third-order valence-electron chi connectivity index (χ3n) is 9.28. The number of methoxy groups -OCH3 is 1. The van der Waals surface area contributed by atoms with Crippen LogP contribution in [0.25, 0.3) is 11.1 Å². The van der Waals surface area contributed by atoms with Gasteiger partial charge in [-0.3, -0.25) is 14.6 Å². The van der Waals surface area contributed by atoms with Crippen molar-refractivity contribution in [2.45, 2.75) is 45.6 Å². The third kappa shape index (κ3) is 6.02. The Labute approximate surface area is 271 Å². The monoisotopic (exact) mass is 621 g/mol. The number of rotatable bonds is 6. The second-order valence-electron chi connectivity index (χ2n) is 14.1.